The number of hydrogen-bond donors (Lipinski definition) is 2. The smallest absolute Gasteiger partial charge is 0.240 e. The van der Waals surface area contributed by atoms with Crippen molar-refractivity contribution in [1.82, 2.24) is 14.9 Å². The highest BCUT2D eigenvalue weighted by Gasteiger charge is 2.16. The van der Waals surface area contributed by atoms with Crippen LogP contribution in [0, 0.1) is 0 Å². The molecule has 0 radical (unpaired) electrons. The summed E-state index contributed by atoms with van der Waals surface area (Å²) in [4.78, 5) is 3.95. The number of rotatable bonds is 7. The molecule has 8 nitrogen and oxygen atoms in total. The van der Waals surface area contributed by atoms with Gasteiger partial charge in [-0.1, -0.05) is 5.16 Å². The first-order valence-electron chi connectivity index (χ1n) is 6.18. The highest BCUT2D eigenvalue weighted by molar-refractivity contribution is 7.89. The molecule has 0 saturated carbocycles. The molecule has 21 heavy (non-hydrogen) atoms. The van der Waals surface area contributed by atoms with Gasteiger partial charge in [-0.25, -0.2) is 13.1 Å². The monoisotopic (exact) mass is 312 g/mol. The Labute approximate surface area is 122 Å². The van der Waals surface area contributed by atoms with Crippen LogP contribution in [0.3, 0.4) is 0 Å². The molecule has 0 atom stereocenters. The third kappa shape index (κ3) is 3.78. The molecule has 114 valence electrons. The standard InChI is InChI=1S/C12H16N4O4S/c1-19-11-3-2-10(6-9(11)7-13)21(17,18)15-5-4-12-14-8-20-16-12/h2-3,6,8,15H,4-5,7,13H2,1H3. The minimum Gasteiger partial charge on any atom is -0.496 e. The molecule has 0 fully saturated rings. The van der Waals surface area contributed by atoms with Gasteiger partial charge in [0.1, 0.15) is 5.75 Å². The predicted molar refractivity (Wildman–Crippen MR) is 74.1 cm³/mol. The number of nitrogens with one attached hydrogen (secondary N) is 1. The van der Waals surface area contributed by atoms with Crippen LogP contribution in [0.1, 0.15) is 11.4 Å². The quantitative estimate of drug-likeness (QED) is 0.741. The van der Waals surface area contributed by atoms with Crippen molar-refractivity contribution in [2.45, 2.75) is 17.9 Å². The molecule has 0 aliphatic carbocycles. The fraction of sp³-hybridized carbons (Fsp3) is 0.333. The van der Waals surface area contributed by atoms with Gasteiger partial charge in [0.15, 0.2) is 5.82 Å². The summed E-state index contributed by atoms with van der Waals surface area (Å²) in [6, 6.07) is 4.54. The van der Waals surface area contributed by atoms with Crippen LogP contribution in [0.25, 0.3) is 0 Å². The van der Waals surface area contributed by atoms with Crippen molar-refractivity contribution in [2.75, 3.05) is 13.7 Å². The second kappa shape index (κ2) is 6.66. The summed E-state index contributed by atoms with van der Waals surface area (Å²) in [7, 11) is -2.11. The lowest BCUT2D eigenvalue weighted by molar-refractivity contribution is 0.409. The Morgan fingerprint density at radius 2 is 2.24 bits per heavy atom. The number of benzene rings is 1. The molecule has 1 aromatic carbocycles. The highest BCUT2D eigenvalue weighted by Crippen LogP contribution is 2.21. The third-order valence-corrected chi connectivity index (χ3v) is 4.29. The van der Waals surface area contributed by atoms with Gasteiger partial charge in [0.05, 0.1) is 12.0 Å². The number of nitrogens with two attached hydrogens (primary N) is 1. The zero-order chi connectivity index (χ0) is 15.3. The maximum Gasteiger partial charge on any atom is 0.240 e. The van der Waals surface area contributed by atoms with Gasteiger partial charge in [0, 0.05) is 25.1 Å². The van der Waals surface area contributed by atoms with Gasteiger partial charge in [0.2, 0.25) is 16.4 Å². The van der Waals surface area contributed by atoms with Crippen molar-refractivity contribution >= 4 is 10.0 Å². The maximum atomic E-state index is 12.2. The van der Waals surface area contributed by atoms with E-state index in [1.54, 1.807) is 6.07 Å². The van der Waals surface area contributed by atoms with Crippen molar-refractivity contribution in [3.05, 3.63) is 36.0 Å². The Kier molecular flexibility index (Phi) is 4.89. The SMILES string of the molecule is COc1ccc(S(=O)(=O)NCCc2ncon2)cc1CN. The Morgan fingerprint density at radius 1 is 1.43 bits per heavy atom. The molecular weight excluding hydrogens is 296 g/mol. The first-order valence-corrected chi connectivity index (χ1v) is 7.67. The Balaban J connectivity index is 2.08. The molecule has 0 saturated heterocycles. The number of methoxy groups -OCH3 is 1. The lowest BCUT2D eigenvalue weighted by Crippen LogP contribution is -2.26. The number of aromatic nitrogens is 2. The van der Waals surface area contributed by atoms with Crippen LogP contribution >= 0.6 is 0 Å². The Bertz CT molecular complexity index is 685. The molecule has 0 spiro atoms. The molecule has 2 rings (SSSR count). The fourth-order valence-corrected chi connectivity index (χ4v) is 2.85. The zero-order valence-electron chi connectivity index (χ0n) is 11.4. The van der Waals surface area contributed by atoms with Crippen LogP contribution in [-0.4, -0.2) is 32.2 Å². The first kappa shape index (κ1) is 15.4. The number of nitrogens with zero attached hydrogens (tertiary/aromatic N) is 2. The molecule has 1 heterocycles. The van der Waals surface area contributed by atoms with Gasteiger partial charge in [-0.3, -0.25) is 0 Å². The van der Waals surface area contributed by atoms with Gasteiger partial charge in [-0.15, -0.1) is 0 Å². The summed E-state index contributed by atoms with van der Waals surface area (Å²) in [6.07, 6.45) is 1.54. The van der Waals surface area contributed by atoms with E-state index in [1.165, 1.54) is 25.6 Å². The molecule has 9 heteroatoms. The van der Waals surface area contributed by atoms with E-state index >= 15 is 0 Å². The van der Waals surface area contributed by atoms with Crippen molar-refractivity contribution in [2.24, 2.45) is 5.73 Å². The molecule has 0 unspecified atom stereocenters. The van der Waals surface area contributed by atoms with Crippen molar-refractivity contribution in [1.29, 1.82) is 0 Å². The lowest BCUT2D eigenvalue weighted by atomic mass is 10.2. The average Bonchev–Trinajstić information content (AvgIpc) is 2.99. The highest BCUT2D eigenvalue weighted by atomic mass is 32.2. The Hall–Kier alpha value is -1.97. The van der Waals surface area contributed by atoms with E-state index in [0.717, 1.165) is 0 Å². The van der Waals surface area contributed by atoms with Crippen molar-refractivity contribution in [3.8, 4) is 5.75 Å². The van der Waals surface area contributed by atoms with Gasteiger partial charge < -0.3 is 15.0 Å². The molecule has 3 N–H and O–H groups in total. The van der Waals surface area contributed by atoms with Crippen LogP contribution < -0.4 is 15.2 Å². The van der Waals surface area contributed by atoms with Gasteiger partial charge in [-0.2, -0.15) is 4.98 Å². The minimum atomic E-state index is -3.62. The topological polar surface area (TPSA) is 120 Å². The lowest BCUT2D eigenvalue weighted by Gasteiger charge is -2.10. The second-order valence-electron chi connectivity index (χ2n) is 4.17. The largest absolute Gasteiger partial charge is 0.496 e. The van der Waals surface area contributed by atoms with E-state index in [1.807, 2.05) is 0 Å². The average molecular weight is 312 g/mol. The molecule has 0 aliphatic heterocycles. The molecule has 1 aromatic heterocycles. The summed E-state index contributed by atoms with van der Waals surface area (Å²) < 4.78 is 36.5. The van der Waals surface area contributed by atoms with Crippen LogP contribution in [-0.2, 0) is 23.0 Å². The summed E-state index contributed by atoms with van der Waals surface area (Å²) in [5, 5.41) is 3.60. The minimum absolute atomic E-state index is 0.136. The Morgan fingerprint density at radius 3 is 2.86 bits per heavy atom. The van der Waals surface area contributed by atoms with Crippen LogP contribution in [0.2, 0.25) is 0 Å². The molecule has 0 amide bonds. The van der Waals surface area contributed by atoms with Crippen LogP contribution in [0.4, 0.5) is 0 Å². The number of ether oxygens (including phenoxy) is 1. The number of sulfonamides is 1. The van der Waals surface area contributed by atoms with Crippen molar-refractivity contribution < 1.29 is 17.7 Å². The van der Waals surface area contributed by atoms with E-state index in [-0.39, 0.29) is 18.0 Å². The second-order valence-corrected chi connectivity index (χ2v) is 5.94. The molecule has 0 aliphatic rings. The number of hydrogen-bond acceptors (Lipinski definition) is 7. The summed E-state index contributed by atoms with van der Waals surface area (Å²) >= 11 is 0. The predicted octanol–water partition coefficient (Wildman–Crippen LogP) is 0.0579. The van der Waals surface area contributed by atoms with Crippen LogP contribution in [0.5, 0.6) is 5.75 Å². The fourth-order valence-electron chi connectivity index (χ4n) is 1.76. The van der Waals surface area contributed by atoms with E-state index in [2.05, 4.69) is 19.4 Å². The molecule has 0 bridgehead atoms. The maximum absolute atomic E-state index is 12.2. The first-order chi connectivity index (χ1) is 10.1. The molecular formula is C12H16N4O4S. The van der Waals surface area contributed by atoms with E-state index in [0.29, 0.717) is 23.6 Å². The normalized spacial score (nSPS) is 11.5. The zero-order valence-corrected chi connectivity index (χ0v) is 12.3. The van der Waals surface area contributed by atoms with E-state index in [9.17, 15) is 8.42 Å². The summed E-state index contributed by atoms with van der Waals surface area (Å²) in [6.45, 7) is 0.362. The molecule has 2 aromatic rings. The van der Waals surface area contributed by atoms with Gasteiger partial charge >= 0.3 is 0 Å². The van der Waals surface area contributed by atoms with Crippen LogP contribution in [0.15, 0.2) is 34.0 Å². The van der Waals surface area contributed by atoms with Gasteiger partial charge in [-0.05, 0) is 18.2 Å². The summed E-state index contributed by atoms with van der Waals surface area (Å²) in [5.74, 6) is 0.998. The van der Waals surface area contributed by atoms with Gasteiger partial charge in [0.25, 0.3) is 0 Å². The summed E-state index contributed by atoms with van der Waals surface area (Å²) in [5.41, 5.74) is 6.20. The third-order valence-electron chi connectivity index (χ3n) is 2.83. The van der Waals surface area contributed by atoms with E-state index in [4.69, 9.17) is 10.5 Å². The van der Waals surface area contributed by atoms with E-state index < -0.39 is 10.0 Å². The van der Waals surface area contributed by atoms with Crippen molar-refractivity contribution in [3.63, 3.8) is 0 Å².